The number of anilines is 1. The minimum Gasteiger partial charge on any atom is -0.321 e. The third-order valence-electron chi connectivity index (χ3n) is 1.11. The van der Waals surface area contributed by atoms with Crippen molar-refractivity contribution >= 4 is 18.3 Å². The summed E-state index contributed by atoms with van der Waals surface area (Å²) < 4.78 is 12.6. The smallest absolute Gasteiger partial charge is 0.147 e. The number of nitrogens with one attached hydrogen (secondary N) is 1. The Bertz CT molecular complexity index is 239. The molecule has 0 saturated carbocycles. The molecule has 0 amide bonds. The minimum atomic E-state index is -0.375. The van der Waals surface area contributed by atoms with E-state index in [1.807, 2.05) is 0 Å². The molecule has 3 N–H and O–H groups in total. The van der Waals surface area contributed by atoms with Gasteiger partial charge in [-0.25, -0.2) is 4.39 Å². The number of hydrogen-bond donors (Lipinski definition) is 3. The Labute approximate surface area is 63.6 Å². The lowest BCUT2D eigenvalue weighted by Crippen LogP contribution is -2.08. The van der Waals surface area contributed by atoms with E-state index in [1.165, 1.54) is 12.1 Å². The van der Waals surface area contributed by atoms with Crippen molar-refractivity contribution in [1.82, 2.24) is 0 Å². The van der Waals surface area contributed by atoms with Crippen LogP contribution in [0.25, 0.3) is 0 Å². The molecule has 1 aromatic carbocycles. The van der Waals surface area contributed by atoms with Crippen molar-refractivity contribution in [3.8, 4) is 0 Å². The van der Waals surface area contributed by atoms with Gasteiger partial charge in [-0.3, -0.25) is 5.84 Å². The van der Waals surface area contributed by atoms with Gasteiger partial charge in [-0.1, -0.05) is 0 Å². The van der Waals surface area contributed by atoms with Crippen molar-refractivity contribution in [2.24, 2.45) is 5.84 Å². The monoisotopic (exact) mass is 158 g/mol. The molecule has 2 nitrogen and oxygen atoms in total. The Hall–Kier alpha value is -0.740. The molecule has 0 atom stereocenters. The van der Waals surface area contributed by atoms with E-state index in [1.54, 1.807) is 6.07 Å². The SMILES string of the molecule is NNc1cc(S)ccc1F. The summed E-state index contributed by atoms with van der Waals surface area (Å²) >= 11 is 3.99. The summed E-state index contributed by atoms with van der Waals surface area (Å²) in [4.78, 5) is 0.675. The standard InChI is InChI=1S/C6H7FN2S/c7-5-2-1-4(10)3-6(5)9-8/h1-3,9-10H,8H2. The summed E-state index contributed by atoms with van der Waals surface area (Å²) in [6.07, 6.45) is 0. The van der Waals surface area contributed by atoms with Crippen LogP contribution in [0.15, 0.2) is 23.1 Å². The normalized spacial score (nSPS) is 9.50. The van der Waals surface area contributed by atoms with Crippen LogP contribution in [-0.4, -0.2) is 0 Å². The van der Waals surface area contributed by atoms with Gasteiger partial charge in [0.15, 0.2) is 0 Å². The predicted octanol–water partition coefficient (Wildman–Crippen LogP) is 1.40. The van der Waals surface area contributed by atoms with Gasteiger partial charge in [0.2, 0.25) is 0 Å². The fourth-order valence-corrected chi connectivity index (χ4v) is 0.828. The first-order valence-electron chi connectivity index (χ1n) is 2.69. The fourth-order valence-electron chi connectivity index (χ4n) is 0.624. The molecule has 0 radical (unpaired) electrons. The van der Waals surface area contributed by atoms with Crippen molar-refractivity contribution in [3.63, 3.8) is 0 Å². The Balaban J connectivity index is 3.09. The van der Waals surface area contributed by atoms with E-state index in [4.69, 9.17) is 5.84 Å². The molecule has 0 aliphatic heterocycles. The minimum absolute atomic E-state index is 0.257. The number of halogens is 1. The summed E-state index contributed by atoms with van der Waals surface area (Å²) in [7, 11) is 0. The zero-order valence-electron chi connectivity index (χ0n) is 5.13. The van der Waals surface area contributed by atoms with Crippen LogP contribution >= 0.6 is 12.6 Å². The molecule has 0 aliphatic carbocycles. The maximum absolute atomic E-state index is 12.6. The number of benzene rings is 1. The van der Waals surface area contributed by atoms with Crippen LogP contribution < -0.4 is 11.3 Å². The average Bonchev–Trinajstić information content (AvgIpc) is 1.94. The van der Waals surface area contributed by atoms with Crippen LogP contribution in [-0.2, 0) is 0 Å². The first-order valence-corrected chi connectivity index (χ1v) is 3.14. The summed E-state index contributed by atoms with van der Waals surface area (Å²) in [6, 6.07) is 4.37. The van der Waals surface area contributed by atoms with Gasteiger partial charge in [-0.15, -0.1) is 12.6 Å². The molecule has 0 aliphatic rings. The first-order chi connectivity index (χ1) is 4.74. The maximum atomic E-state index is 12.6. The van der Waals surface area contributed by atoms with Gasteiger partial charge in [-0.2, -0.15) is 0 Å². The molecule has 0 fully saturated rings. The molecule has 0 bridgehead atoms. The largest absolute Gasteiger partial charge is 0.321 e. The third-order valence-corrected chi connectivity index (χ3v) is 1.38. The summed E-state index contributed by atoms with van der Waals surface area (Å²) in [5, 5.41) is 0. The zero-order valence-corrected chi connectivity index (χ0v) is 6.03. The average molecular weight is 158 g/mol. The molecule has 0 saturated heterocycles. The van der Waals surface area contributed by atoms with Gasteiger partial charge in [0.05, 0.1) is 5.69 Å². The van der Waals surface area contributed by atoms with Crippen molar-refractivity contribution in [2.75, 3.05) is 5.43 Å². The van der Waals surface area contributed by atoms with E-state index < -0.39 is 0 Å². The molecular formula is C6H7FN2S. The second-order valence-electron chi connectivity index (χ2n) is 1.81. The van der Waals surface area contributed by atoms with E-state index in [2.05, 4.69) is 18.1 Å². The predicted molar refractivity (Wildman–Crippen MR) is 41.5 cm³/mol. The number of hydrogen-bond acceptors (Lipinski definition) is 3. The number of nitrogens with two attached hydrogens (primary N) is 1. The molecule has 1 aromatic rings. The molecule has 1 rings (SSSR count). The Morgan fingerprint density at radius 1 is 1.50 bits per heavy atom. The molecule has 10 heavy (non-hydrogen) atoms. The van der Waals surface area contributed by atoms with Gasteiger partial charge < -0.3 is 5.43 Å². The molecular weight excluding hydrogens is 151 g/mol. The van der Waals surface area contributed by atoms with Crippen molar-refractivity contribution in [1.29, 1.82) is 0 Å². The lowest BCUT2D eigenvalue weighted by Gasteiger charge is -2.00. The first kappa shape index (κ1) is 7.37. The molecule has 0 unspecified atom stereocenters. The number of rotatable bonds is 1. The highest BCUT2D eigenvalue weighted by Gasteiger charge is 1.97. The van der Waals surface area contributed by atoms with E-state index in [-0.39, 0.29) is 11.5 Å². The molecule has 4 heteroatoms. The lowest BCUT2D eigenvalue weighted by molar-refractivity contribution is 0.629. The second kappa shape index (κ2) is 2.90. The van der Waals surface area contributed by atoms with Gasteiger partial charge in [0.1, 0.15) is 5.82 Å². The highest BCUT2D eigenvalue weighted by atomic mass is 32.1. The number of nitrogen functional groups attached to an aromatic ring is 1. The van der Waals surface area contributed by atoms with Gasteiger partial charge in [0.25, 0.3) is 0 Å². The lowest BCUT2D eigenvalue weighted by atomic mass is 10.3. The Morgan fingerprint density at radius 2 is 2.20 bits per heavy atom. The van der Waals surface area contributed by atoms with Crippen LogP contribution in [0.5, 0.6) is 0 Å². The third kappa shape index (κ3) is 1.40. The van der Waals surface area contributed by atoms with E-state index in [0.29, 0.717) is 4.90 Å². The van der Waals surface area contributed by atoms with Gasteiger partial charge in [0, 0.05) is 4.90 Å². The second-order valence-corrected chi connectivity index (χ2v) is 2.32. The van der Waals surface area contributed by atoms with Crippen molar-refractivity contribution in [2.45, 2.75) is 4.90 Å². The molecule has 0 spiro atoms. The van der Waals surface area contributed by atoms with Crippen LogP contribution in [0.1, 0.15) is 0 Å². The van der Waals surface area contributed by atoms with Crippen LogP contribution in [0.3, 0.4) is 0 Å². The molecule has 0 heterocycles. The maximum Gasteiger partial charge on any atom is 0.147 e. The van der Waals surface area contributed by atoms with Crippen molar-refractivity contribution in [3.05, 3.63) is 24.0 Å². The zero-order chi connectivity index (χ0) is 7.56. The molecule has 0 aromatic heterocycles. The Kier molecular flexibility index (Phi) is 2.13. The quantitative estimate of drug-likeness (QED) is 0.328. The number of thiol groups is 1. The van der Waals surface area contributed by atoms with Crippen LogP contribution in [0, 0.1) is 5.82 Å². The van der Waals surface area contributed by atoms with Gasteiger partial charge >= 0.3 is 0 Å². The summed E-state index contributed by atoms with van der Waals surface area (Å²) in [5.41, 5.74) is 2.47. The summed E-state index contributed by atoms with van der Waals surface area (Å²) in [5.74, 6) is 4.62. The van der Waals surface area contributed by atoms with E-state index in [9.17, 15) is 4.39 Å². The van der Waals surface area contributed by atoms with E-state index in [0.717, 1.165) is 0 Å². The highest BCUT2D eigenvalue weighted by Crippen LogP contribution is 2.16. The fraction of sp³-hybridized carbons (Fsp3) is 0. The highest BCUT2D eigenvalue weighted by molar-refractivity contribution is 7.80. The van der Waals surface area contributed by atoms with Gasteiger partial charge in [-0.05, 0) is 18.2 Å². The van der Waals surface area contributed by atoms with Crippen LogP contribution in [0.2, 0.25) is 0 Å². The summed E-state index contributed by atoms with van der Waals surface area (Å²) in [6.45, 7) is 0. The van der Waals surface area contributed by atoms with Crippen LogP contribution in [0.4, 0.5) is 10.1 Å². The molecule has 54 valence electrons. The van der Waals surface area contributed by atoms with Crippen molar-refractivity contribution < 1.29 is 4.39 Å². The number of hydrazine groups is 1. The Morgan fingerprint density at radius 3 is 2.70 bits per heavy atom. The topological polar surface area (TPSA) is 38.0 Å². The van der Waals surface area contributed by atoms with E-state index >= 15 is 0 Å².